The van der Waals surface area contributed by atoms with Crippen LogP contribution in [0.4, 0.5) is 0 Å². The molecule has 82 valence electrons. The van der Waals surface area contributed by atoms with Crippen molar-refractivity contribution in [1.29, 1.82) is 0 Å². The fourth-order valence-corrected chi connectivity index (χ4v) is 3.67. The normalized spacial score (nSPS) is 22.1. The lowest BCUT2D eigenvalue weighted by Gasteiger charge is -2.15. The van der Waals surface area contributed by atoms with E-state index in [1.54, 1.807) is 0 Å². The summed E-state index contributed by atoms with van der Waals surface area (Å²) in [6.07, 6.45) is 4.27. The van der Waals surface area contributed by atoms with Gasteiger partial charge in [-0.15, -0.1) is 0 Å². The number of hydrogen-bond acceptors (Lipinski definition) is 3. The molecule has 0 radical (unpaired) electrons. The number of carbonyl (C=O) groups is 1. The molecule has 1 saturated carbocycles. The minimum absolute atomic E-state index is 0.0858. The van der Waals surface area contributed by atoms with Gasteiger partial charge >= 0.3 is 5.97 Å². The van der Waals surface area contributed by atoms with Gasteiger partial charge in [-0.2, -0.15) is 0 Å². The SMILES string of the molecule is NCCC(C(=O)O)S(=O)C1CCCC1. The van der Waals surface area contributed by atoms with E-state index in [0.29, 0.717) is 6.42 Å². The highest BCUT2D eigenvalue weighted by atomic mass is 32.2. The van der Waals surface area contributed by atoms with Crippen molar-refractivity contribution >= 4 is 16.8 Å². The standard InChI is InChI=1S/C9H17NO3S/c10-6-5-8(9(11)12)14(13)7-3-1-2-4-7/h7-8H,1-6,10H2,(H,11,12). The third-order valence-corrected chi connectivity index (χ3v) is 4.74. The lowest BCUT2D eigenvalue weighted by molar-refractivity contribution is -0.136. The molecule has 0 saturated heterocycles. The zero-order valence-electron chi connectivity index (χ0n) is 8.15. The van der Waals surface area contributed by atoms with E-state index in [1.165, 1.54) is 0 Å². The molecule has 1 fully saturated rings. The van der Waals surface area contributed by atoms with Crippen LogP contribution in [-0.2, 0) is 15.6 Å². The quantitative estimate of drug-likeness (QED) is 0.704. The number of carboxylic acid groups (broad SMARTS) is 1. The summed E-state index contributed by atoms with van der Waals surface area (Å²) in [6.45, 7) is 0.287. The second kappa shape index (κ2) is 5.46. The Morgan fingerprint density at radius 1 is 1.50 bits per heavy atom. The van der Waals surface area contributed by atoms with Crippen LogP contribution in [0, 0.1) is 0 Å². The van der Waals surface area contributed by atoms with Crippen LogP contribution in [0.5, 0.6) is 0 Å². The van der Waals surface area contributed by atoms with Gasteiger partial charge in [-0.3, -0.25) is 9.00 Å². The van der Waals surface area contributed by atoms with Crippen LogP contribution in [0.25, 0.3) is 0 Å². The summed E-state index contributed by atoms with van der Waals surface area (Å²) in [6, 6.07) is 0. The molecule has 1 aliphatic rings. The molecule has 3 N–H and O–H groups in total. The zero-order valence-corrected chi connectivity index (χ0v) is 8.96. The Kier molecular flexibility index (Phi) is 4.54. The van der Waals surface area contributed by atoms with E-state index in [4.69, 9.17) is 10.8 Å². The molecule has 0 aromatic carbocycles. The van der Waals surface area contributed by atoms with Crippen molar-refractivity contribution in [1.82, 2.24) is 0 Å². The zero-order chi connectivity index (χ0) is 10.6. The minimum Gasteiger partial charge on any atom is -0.480 e. The maximum atomic E-state index is 11.9. The van der Waals surface area contributed by atoms with Crippen molar-refractivity contribution in [2.75, 3.05) is 6.54 Å². The topological polar surface area (TPSA) is 80.4 Å². The van der Waals surface area contributed by atoms with Crippen LogP contribution < -0.4 is 5.73 Å². The first kappa shape index (κ1) is 11.7. The molecule has 0 aromatic rings. The highest BCUT2D eigenvalue weighted by Gasteiger charge is 2.31. The molecule has 1 aliphatic carbocycles. The number of nitrogens with two attached hydrogens (primary N) is 1. The van der Waals surface area contributed by atoms with E-state index >= 15 is 0 Å². The van der Waals surface area contributed by atoms with Crippen molar-refractivity contribution in [3.63, 3.8) is 0 Å². The number of hydrogen-bond donors (Lipinski definition) is 2. The van der Waals surface area contributed by atoms with Gasteiger partial charge in [0, 0.05) is 16.0 Å². The number of carboxylic acids is 1. The first-order chi connectivity index (χ1) is 6.66. The molecule has 0 bridgehead atoms. The number of aliphatic carboxylic acids is 1. The lowest BCUT2D eigenvalue weighted by Crippen LogP contribution is -2.33. The van der Waals surface area contributed by atoms with Gasteiger partial charge in [-0.05, 0) is 25.8 Å². The number of rotatable bonds is 5. The van der Waals surface area contributed by atoms with E-state index in [-0.39, 0.29) is 11.8 Å². The summed E-state index contributed by atoms with van der Waals surface area (Å²) in [5, 5.41) is 8.21. The third kappa shape index (κ3) is 2.78. The molecule has 1 rings (SSSR count). The molecule has 5 heteroatoms. The monoisotopic (exact) mass is 219 g/mol. The molecule has 0 spiro atoms. The van der Waals surface area contributed by atoms with Crippen molar-refractivity contribution in [3.8, 4) is 0 Å². The minimum atomic E-state index is -1.24. The van der Waals surface area contributed by atoms with Crippen molar-refractivity contribution < 1.29 is 14.1 Å². The van der Waals surface area contributed by atoms with E-state index < -0.39 is 22.0 Å². The van der Waals surface area contributed by atoms with Crippen molar-refractivity contribution in [2.24, 2.45) is 5.73 Å². The van der Waals surface area contributed by atoms with Gasteiger partial charge in [0.25, 0.3) is 0 Å². The molecule has 0 amide bonds. The largest absolute Gasteiger partial charge is 0.480 e. The van der Waals surface area contributed by atoms with E-state index in [0.717, 1.165) is 25.7 Å². The van der Waals surface area contributed by atoms with E-state index in [9.17, 15) is 9.00 Å². The summed E-state index contributed by atoms with van der Waals surface area (Å²) < 4.78 is 11.9. The van der Waals surface area contributed by atoms with Gasteiger partial charge in [-0.1, -0.05) is 12.8 Å². The average Bonchev–Trinajstić information content (AvgIpc) is 2.65. The fraction of sp³-hybridized carbons (Fsp3) is 0.889. The summed E-state index contributed by atoms with van der Waals surface area (Å²) in [5.74, 6) is -0.972. The third-order valence-electron chi connectivity index (χ3n) is 2.62. The van der Waals surface area contributed by atoms with Gasteiger partial charge in [0.05, 0.1) is 0 Å². The maximum Gasteiger partial charge on any atom is 0.319 e. The molecule has 0 heterocycles. The predicted octanol–water partition coefficient (Wildman–Crippen LogP) is 0.480. The van der Waals surface area contributed by atoms with Crippen LogP contribution in [-0.4, -0.2) is 32.3 Å². The predicted molar refractivity (Wildman–Crippen MR) is 55.5 cm³/mol. The highest BCUT2D eigenvalue weighted by molar-refractivity contribution is 7.87. The average molecular weight is 219 g/mol. The lowest BCUT2D eigenvalue weighted by atomic mass is 10.3. The molecule has 0 aromatic heterocycles. The second-order valence-corrected chi connectivity index (χ2v) is 5.53. The van der Waals surface area contributed by atoms with Crippen LogP contribution in [0.15, 0.2) is 0 Å². The van der Waals surface area contributed by atoms with Gasteiger partial charge in [0.1, 0.15) is 5.25 Å². The Labute approximate surface area is 86.3 Å². The van der Waals surface area contributed by atoms with Gasteiger partial charge in [0.15, 0.2) is 0 Å². The summed E-state index contributed by atoms with van der Waals surface area (Å²) >= 11 is 0. The van der Waals surface area contributed by atoms with Gasteiger partial charge in [0.2, 0.25) is 0 Å². The van der Waals surface area contributed by atoms with Crippen molar-refractivity contribution in [3.05, 3.63) is 0 Å². The Morgan fingerprint density at radius 3 is 2.50 bits per heavy atom. The fourth-order valence-electron chi connectivity index (χ4n) is 1.84. The summed E-state index contributed by atoms with van der Waals surface area (Å²) in [7, 11) is -1.24. The first-order valence-electron chi connectivity index (χ1n) is 4.99. The van der Waals surface area contributed by atoms with Gasteiger partial charge < -0.3 is 10.8 Å². The van der Waals surface area contributed by atoms with Crippen LogP contribution in [0.3, 0.4) is 0 Å². The summed E-state index contributed by atoms with van der Waals surface area (Å²) in [5.41, 5.74) is 5.31. The maximum absolute atomic E-state index is 11.9. The smallest absolute Gasteiger partial charge is 0.319 e. The molecule has 4 nitrogen and oxygen atoms in total. The molecular formula is C9H17NO3S. The first-order valence-corrected chi connectivity index (χ1v) is 6.26. The molecule has 2 unspecified atom stereocenters. The van der Waals surface area contributed by atoms with E-state index in [2.05, 4.69) is 0 Å². The van der Waals surface area contributed by atoms with Crippen molar-refractivity contribution in [2.45, 2.75) is 42.6 Å². The second-order valence-electron chi connectivity index (χ2n) is 3.64. The van der Waals surface area contributed by atoms with E-state index in [1.807, 2.05) is 0 Å². The Bertz CT molecular complexity index is 226. The Morgan fingerprint density at radius 2 is 2.07 bits per heavy atom. The summed E-state index contributed by atoms with van der Waals surface area (Å²) in [4.78, 5) is 10.8. The molecule has 14 heavy (non-hydrogen) atoms. The van der Waals surface area contributed by atoms with Gasteiger partial charge in [-0.25, -0.2) is 0 Å². The molecular weight excluding hydrogens is 202 g/mol. The van der Waals surface area contributed by atoms with Crippen LogP contribution in [0.1, 0.15) is 32.1 Å². The van der Waals surface area contributed by atoms with Crippen LogP contribution >= 0.6 is 0 Å². The molecule has 0 aliphatic heterocycles. The van der Waals surface area contributed by atoms with Crippen LogP contribution in [0.2, 0.25) is 0 Å². The Hall–Kier alpha value is -0.420. The Balaban J connectivity index is 2.57. The molecule has 2 atom stereocenters. The highest BCUT2D eigenvalue weighted by Crippen LogP contribution is 2.25.